The maximum atomic E-state index is 3.20. The van der Waals surface area contributed by atoms with Gasteiger partial charge in [-0.1, -0.05) is 36.4 Å². The molecule has 3 rings (SSSR count). The van der Waals surface area contributed by atoms with Gasteiger partial charge < -0.3 is 9.88 Å². The van der Waals surface area contributed by atoms with Crippen LogP contribution in [0.2, 0.25) is 0 Å². The van der Waals surface area contributed by atoms with Crippen LogP contribution in [0.5, 0.6) is 0 Å². The lowest BCUT2D eigenvalue weighted by atomic mass is 10.1. The smallest absolute Gasteiger partial charge is 0.0480 e. The summed E-state index contributed by atoms with van der Waals surface area (Å²) >= 11 is 0. The van der Waals surface area contributed by atoms with Crippen LogP contribution in [0.15, 0.2) is 60.8 Å². The van der Waals surface area contributed by atoms with E-state index in [0.717, 1.165) is 19.5 Å². The third-order valence-electron chi connectivity index (χ3n) is 3.92. The van der Waals surface area contributed by atoms with Crippen molar-refractivity contribution >= 4 is 10.9 Å². The fraction of sp³-hybridized carbons (Fsp3) is 0.263. The summed E-state index contributed by atoms with van der Waals surface area (Å²) in [5.74, 6) is 0. The fourth-order valence-electron chi connectivity index (χ4n) is 2.86. The Morgan fingerprint density at radius 3 is 2.62 bits per heavy atom. The van der Waals surface area contributed by atoms with Crippen LogP contribution in [0.4, 0.5) is 0 Å². The Kier molecular flexibility index (Phi) is 4.37. The lowest BCUT2D eigenvalue weighted by molar-refractivity contribution is 0.662. The van der Waals surface area contributed by atoms with E-state index in [-0.39, 0.29) is 0 Å². The molecular weight excluding hydrogens is 256 g/mol. The Balaban J connectivity index is 1.67. The number of nitrogens with zero attached hydrogens (tertiary/aromatic N) is 1. The zero-order chi connectivity index (χ0) is 14.5. The van der Waals surface area contributed by atoms with Crippen LogP contribution in [-0.2, 0) is 19.5 Å². The van der Waals surface area contributed by atoms with Crippen molar-refractivity contribution in [3.8, 4) is 0 Å². The van der Waals surface area contributed by atoms with Gasteiger partial charge in [0.1, 0.15) is 0 Å². The molecule has 0 unspecified atom stereocenters. The highest BCUT2D eigenvalue weighted by atomic mass is 14.9. The van der Waals surface area contributed by atoms with Crippen LogP contribution in [-0.4, -0.2) is 11.6 Å². The molecule has 0 saturated heterocycles. The summed E-state index contributed by atoms with van der Waals surface area (Å²) in [6, 6.07) is 19.7. The first-order chi connectivity index (χ1) is 10.4. The first-order valence-electron chi connectivity index (χ1n) is 7.63. The van der Waals surface area contributed by atoms with E-state index in [1.807, 2.05) is 7.05 Å². The monoisotopic (exact) mass is 278 g/mol. The minimum Gasteiger partial charge on any atom is -0.347 e. The van der Waals surface area contributed by atoms with E-state index in [1.54, 1.807) is 0 Å². The summed E-state index contributed by atoms with van der Waals surface area (Å²) in [5.41, 5.74) is 4.10. The molecule has 0 spiro atoms. The maximum Gasteiger partial charge on any atom is 0.0480 e. The molecule has 0 bridgehead atoms. The molecule has 1 aromatic heterocycles. The number of fused-ring (bicyclic) bond motifs is 1. The third-order valence-corrected chi connectivity index (χ3v) is 3.92. The summed E-state index contributed by atoms with van der Waals surface area (Å²) in [6.07, 6.45) is 4.52. The molecule has 21 heavy (non-hydrogen) atoms. The van der Waals surface area contributed by atoms with Crippen LogP contribution < -0.4 is 5.32 Å². The van der Waals surface area contributed by atoms with Gasteiger partial charge in [-0.25, -0.2) is 0 Å². The van der Waals surface area contributed by atoms with Crippen molar-refractivity contribution in [1.29, 1.82) is 0 Å². The van der Waals surface area contributed by atoms with E-state index < -0.39 is 0 Å². The van der Waals surface area contributed by atoms with Gasteiger partial charge in [-0.3, -0.25) is 0 Å². The number of nitrogens with one attached hydrogen (secondary N) is 1. The molecule has 0 radical (unpaired) electrons. The Labute approximate surface area is 126 Å². The first kappa shape index (κ1) is 13.9. The molecular formula is C19H22N2. The summed E-state index contributed by atoms with van der Waals surface area (Å²) in [7, 11) is 1.99. The molecule has 0 amide bonds. The van der Waals surface area contributed by atoms with Gasteiger partial charge >= 0.3 is 0 Å². The van der Waals surface area contributed by atoms with Crippen molar-refractivity contribution in [3.63, 3.8) is 0 Å². The van der Waals surface area contributed by atoms with Crippen LogP contribution >= 0.6 is 0 Å². The summed E-state index contributed by atoms with van der Waals surface area (Å²) in [4.78, 5) is 0. The highest BCUT2D eigenvalue weighted by Crippen LogP contribution is 2.18. The van der Waals surface area contributed by atoms with Crippen molar-refractivity contribution in [1.82, 2.24) is 9.88 Å². The second kappa shape index (κ2) is 6.59. The normalized spacial score (nSPS) is 11.1. The lowest BCUT2D eigenvalue weighted by Gasteiger charge is -2.07. The van der Waals surface area contributed by atoms with Crippen LogP contribution in [0.1, 0.15) is 17.5 Å². The largest absolute Gasteiger partial charge is 0.347 e. The predicted molar refractivity (Wildman–Crippen MR) is 89.5 cm³/mol. The van der Waals surface area contributed by atoms with Gasteiger partial charge in [-0.2, -0.15) is 0 Å². The standard InChI is InChI=1S/C19H22N2/c1-20-15-17-9-10-19-18(14-17)11-13-21(19)12-5-8-16-6-3-2-4-7-16/h2-4,6-7,9-11,13-14,20H,5,8,12,15H2,1H3. The van der Waals surface area contributed by atoms with Crippen molar-refractivity contribution < 1.29 is 0 Å². The SMILES string of the molecule is CNCc1ccc2c(ccn2CCCc2ccccc2)c1. The molecule has 2 aromatic carbocycles. The van der Waals surface area contributed by atoms with E-state index in [4.69, 9.17) is 0 Å². The Hall–Kier alpha value is -2.06. The molecule has 0 aliphatic heterocycles. The van der Waals surface area contributed by atoms with Crippen molar-refractivity contribution in [2.24, 2.45) is 0 Å². The molecule has 0 atom stereocenters. The van der Waals surface area contributed by atoms with Gasteiger partial charge in [0.15, 0.2) is 0 Å². The molecule has 3 aromatic rings. The van der Waals surface area contributed by atoms with Gasteiger partial charge in [0.05, 0.1) is 0 Å². The fourth-order valence-corrected chi connectivity index (χ4v) is 2.86. The quantitative estimate of drug-likeness (QED) is 0.721. The van der Waals surface area contributed by atoms with E-state index in [1.165, 1.54) is 28.5 Å². The molecule has 2 heteroatoms. The van der Waals surface area contributed by atoms with Crippen molar-refractivity contribution in [3.05, 3.63) is 71.9 Å². The molecule has 2 nitrogen and oxygen atoms in total. The van der Waals surface area contributed by atoms with Crippen molar-refractivity contribution in [2.75, 3.05) is 7.05 Å². The molecule has 0 aliphatic rings. The Morgan fingerprint density at radius 1 is 0.952 bits per heavy atom. The van der Waals surface area contributed by atoms with Gasteiger partial charge in [-0.15, -0.1) is 0 Å². The number of benzene rings is 2. The average molecular weight is 278 g/mol. The van der Waals surface area contributed by atoms with Crippen molar-refractivity contribution in [2.45, 2.75) is 25.9 Å². The van der Waals surface area contributed by atoms with E-state index in [9.17, 15) is 0 Å². The minimum atomic E-state index is 0.926. The molecule has 1 N–H and O–H groups in total. The van der Waals surface area contributed by atoms with Crippen LogP contribution in [0, 0.1) is 0 Å². The minimum absolute atomic E-state index is 0.926. The Morgan fingerprint density at radius 2 is 1.81 bits per heavy atom. The highest BCUT2D eigenvalue weighted by molar-refractivity contribution is 5.80. The first-order valence-corrected chi connectivity index (χ1v) is 7.63. The molecule has 108 valence electrons. The van der Waals surface area contributed by atoms with E-state index in [2.05, 4.69) is 70.7 Å². The summed E-state index contributed by atoms with van der Waals surface area (Å²) in [5, 5.41) is 4.54. The maximum absolute atomic E-state index is 3.20. The average Bonchev–Trinajstić information content (AvgIpc) is 2.91. The number of hydrogen-bond acceptors (Lipinski definition) is 1. The zero-order valence-corrected chi connectivity index (χ0v) is 12.5. The number of aromatic nitrogens is 1. The Bertz CT molecular complexity index is 698. The van der Waals surface area contributed by atoms with E-state index >= 15 is 0 Å². The highest BCUT2D eigenvalue weighted by Gasteiger charge is 2.02. The number of rotatable bonds is 6. The van der Waals surface area contributed by atoms with Gasteiger partial charge in [0.2, 0.25) is 0 Å². The second-order valence-corrected chi connectivity index (χ2v) is 5.52. The summed E-state index contributed by atoms with van der Waals surface area (Å²) in [6.45, 7) is 2.00. The summed E-state index contributed by atoms with van der Waals surface area (Å²) < 4.78 is 2.36. The molecule has 0 aliphatic carbocycles. The predicted octanol–water partition coefficient (Wildman–Crippen LogP) is 3.99. The molecule has 0 saturated carbocycles. The number of aryl methyl sites for hydroxylation is 2. The van der Waals surface area contributed by atoms with Crippen LogP contribution in [0.25, 0.3) is 10.9 Å². The molecule has 0 fully saturated rings. The molecule has 1 heterocycles. The van der Waals surface area contributed by atoms with Crippen LogP contribution in [0.3, 0.4) is 0 Å². The third kappa shape index (κ3) is 3.34. The van der Waals surface area contributed by atoms with Gasteiger partial charge in [0, 0.05) is 24.8 Å². The lowest BCUT2D eigenvalue weighted by Crippen LogP contribution is -2.04. The van der Waals surface area contributed by atoms with E-state index in [0.29, 0.717) is 0 Å². The second-order valence-electron chi connectivity index (χ2n) is 5.52. The zero-order valence-electron chi connectivity index (χ0n) is 12.5. The van der Waals surface area contributed by atoms with Gasteiger partial charge in [-0.05, 0) is 54.6 Å². The number of hydrogen-bond donors (Lipinski definition) is 1. The van der Waals surface area contributed by atoms with Gasteiger partial charge in [0.25, 0.3) is 0 Å². The topological polar surface area (TPSA) is 17.0 Å².